The number of unbranched alkanes of at least 4 members (excludes halogenated alkanes) is 1. The van der Waals surface area contributed by atoms with Crippen molar-refractivity contribution in [2.75, 3.05) is 40.3 Å². The summed E-state index contributed by atoms with van der Waals surface area (Å²) in [5.41, 5.74) is 5.90. The van der Waals surface area contributed by atoms with E-state index in [0.29, 0.717) is 26.2 Å². The second-order valence-corrected chi connectivity index (χ2v) is 5.24. The maximum atomic E-state index is 12.1. The zero-order valence-electron chi connectivity index (χ0n) is 12.3. The van der Waals surface area contributed by atoms with Crippen molar-refractivity contribution in [3.63, 3.8) is 0 Å². The quantitative estimate of drug-likeness (QED) is 0.800. The van der Waals surface area contributed by atoms with Crippen molar-refractivity contribution in [3.8, 4) is 0 Å². The van der Waals surface area contributed by atoms with Gasteiger partial charge in [-0.05, 0) is 6.42 Å². The lowest BCUT2D eigenvalue weighted by molar-refractivity contribution is -0.134. The van der Waals surface area contributed by atoms with Gasteiger partial charge in [-0.2, -0.15) is 0 Å². The van der Waals surface area contributed by atoms with Crippen molar-refractivity contribution in [3.05, 3.63) is 0 Å². The number of carbonyl (C=O) groups is 2. The molecule has 0 aromatic rings. The van der Waals surface area contributed by atoms with E-state index in [0.717, 1.165) is 19.3 Å². The summed E-state index contributed by atoms with van der Waals surface area (Å²) in [7, 11) is 3.47. The third kappa shape index (κ3) is 4.38. The molecule has 1 aliphatic rings. The number of carbonyl (C=O) groups excluding carboxylic acids is 2. The first-order valence-electron chi connectivity index (χ1n) is 6.98. The molecule has 0 spiro atoms. The molecule has 19 heavy (non-hydrogen) atoms. The van der Waals surface area contributed by atoms with Crippen molar-refractivity contribution >= 4 is 11.9 Å². The summed E-state index contributed by atoms with van der Waals surface area (Å²) in [5, 5.41) is 0. The van der Waals surface area contributed by atoms with Crippen LogP contribution in [-0.2, 0) is 4.79 Å². The summed E-state index contributed by atoms with van der Waals surface area (Å²) in [6.07, 6.45) is 2.77. The number of amides is 3. The minimum Gasteiger partial charge on any atom is -0.338 e. The average Bonchev–Trinajstić information content (AvgIpc) is 2.43. The SMILES string of the molecule is CCCC[C@H](N)C(=O)N1CCN(C(=O)N(C)C)CC1. The van der Waals surface area contributed by atoms with Crippen molar-refractivity contribution < 1.29 is 9.59 Å². The Morgan fingerprint density at radius 2 is 1.68 bits per heavy atom. The second kappa shape index (κ2) is 7.33. The fraction of sp³-hybridized carbons (Fsp3) is 0.846. The fourth-order valence-corrected chi connectivity index (χ4v) is 2.18. The van der Waals surface area contributed by atoms with Crippen LogP contribution in [0.15, 0.2) is 0 Å². The van der Waals surface area contributed by atoms with Crippen LogP contribution in [0.5, 0.6) is 0 Å². The Kier molecular flexibility index (Phi) is 6.08. The van der Waals surface area contributed by atoms with Crippen molar-refractivity contribution in [2.24, 2.45) is 5.73 Å². The topological polar surface area (TPSA) is 69.9 Å². The molecular weight excluding hydrogens is 244 g/mol. The lowest BCUT2D eigenvalue weighted by atomic mass is 10.1. The molecule has 1 rings (SSSR count). The Hall–Kier alpha value is -1.30. The van der Waals surface area contributed by atoms with E-state index >= 15 is 0 Å². The van der Waals surface area contributed by atoms with Gasteiger partial charge in [0.2, 0.25) is 5.91 Å². The molecule has 1 saturated heterocycles. The standard InChI is InChI=1S/C13H26N4O2/c1-4-5-6-11(14)12(18)16-7-9-17(10-8-16)13(19)15(2)3/h11H,4-10,14H2,1-3H3/t11-/m0/s1. The molecule has 6 heteroatoms. The molecule has 1 aliphatic heterocycles. The van der Waals surface area contributed by atoms with E-state index in [1.807, 2.05) is 0 Å². The monoisotopic (exact) mass is 270 g/mol. The predicted molar refractivity (Wildman–Crippen MR) is 74.7 cm³/mol. The second-order valence-electron chi connectivity index (χ2n) is 5.24. The Balaban J connectivity index is 2.41. The first-order chi connectivity index (χ1) is 8.97. The van der Waals surface area contributed by atoms with Crippen LogP contribution in [0.1, 0.15) is 26.2 Å². The molecule has 0 unspecified atom stereocenters. The highest BCUT2D eigenvalue weighted by Gasteiger charge is 2.27. The molecule has 2 N–H and O–H groups in total. The molecule has 0 radical (unpaired) electrons. The summed E-state index contributed by atoms with van der Waals surface area (Å²) in [5.74, 6) is 0.0189. The smallest absolute Gasteiger partial charge is 0.319 e. The largest absolute Gasteiger partial charge is 0.338 e. The molecule has 3 amide bonds. The molecule has 1 heterocycles. The van der Waals surface area contributed by atoms with Crippen LogP contribution >= 0.6 is 0 Å². The van der Waals surface area contributed by atoms with Gasteiger partial charge in [0.25, 0.3) is 0 Å². The van der Waals surface area contributed by atoms with Gasteiger partial charge in [0.05, 0.1) is 6.04 Å². The van der Waals surface area contributed by atoms with Crippen LogP contribution in [0.3, 0.4) is 0 Å². The zero-order valence-corrected chi connectivity index (χ0v) is 12.3. The Bertz CT molecular complexity index is 312. The number of hydrogen-bond acceptors (Lipinski definition) is 3. The molecule has 0 saturated carbocycles. The van der Waals surface area contributed by atoms with E-state index < -0.39 is 6.04 Å². The van der Waals surface area contributed by atoms with Gasteiger partial charge >= 0.3 is 6.03 Å². The van der Waals surface area contributed by atoms with Crippen LogP contribution in [0.25, 0.3) is 0 Å². The van der Waals surface area contributed by atoms with Gasteiger partial charge in [-0.25, -0.2) is 4.79 Å². The Morgan fingerprint density at radius 3 is 2.16 bits per heavy atom. The van der Waals surface area contributed by atoms with E-state index in [9.17, 15) is 9.59 Å². The number of hydrogen-bond donors (Lipinski definition) is 1. The molecule has 6 nitrogen and oxygen atoms in total. The normalized spacial score (nSPS) is 17.3. The lowest BCUT2D eigenvalue weighted by Crippen LogP contribution is -2.55. The van der Waals surface area contributed by atoms with Gasteiger partial charge in [-0.3, -0.25) is 4.79 Å². The molecule has 0 bridgehead atoms. The maximum Gasteiger partial charge on any atom is 0.319 e. The summed E-state index contributed by atoms with van der Waals surface area (Å²) in [4.78, 5) is 29.0. The zero-order chi connectivity index (χ0) is 14.4. The molecule has 1 fully saturated rings. The van der Waals surface area contributed by atoms with Crippen LogP contribution in [0.2, 0.25) is 0 Å². The highest BCUT2D eigenvalue weighted by molar-refractivity contribution is 5.82. The fourth-order valence-electron chi connectivity index (χ4n) is 2.18. The maximum absolute atomic E-state index is 12.1. The summed E-state index contributed by atoms with van der Waals surface area (Å²) >= 11 is 0. The first-order valence-corrected chi connectivity index (χ1v) is 6.98. The Morgan fingerprint density at radius 1 is 1.16 bits per heavy atom. The van der Waals surface area contributed by atoms with Gasteiger partial charge < -0.3 is 20.4 Å². The lowest BCUT2D eigenvalue weighted by Gasteiger charge is -2.36. The molecule has 1 atom stereocenters. The molecule has 110 valence electrons. The molecule has 0 aliphatic carbocycles. The van der Waals surface area contributed by atoms with Crippen molar-refractivity contribution in [1.82, 2.24) is 14.7 Å². The number of nitrogens with two attached hydrogens (primary N) is 1. The molecule has 0 aromatic heterocycles. The number of rotatable bonds is 4. The van der Waals surface area contributed by atoms with Gasteiger partial charge in [-0.15, -0.1) is 0 Å². The number of urea groups is 1. The van der Waals surface area contributed by atoms with Crippen molar-refractivity contribution in [1.29, 1.82) is 0 Å². The molecule has 0 aromatic carbocycles. The first kappa shape index (κ1) is 15.8. The number of piperazine rings is 1. The summed E-state index contributed by atoms with van der Waals surface area (Å²) in [6, 6.07) is -0.390. The van der Waals surface area contributed by atoms with Crippen LogP contribution in [0.4, 0.5) is 4.79 Å². The average molecular weight is 270 g/mol. The van der Waals surface area contributed by atoms with Gasteiger partial charge in [-0.1, -0.05) is 19.8 Å². The highest BCUT2D eigenvalue weighted by atomic mass is 16.2. The predicted octanol–water partition coefficient (Wildman–Crippen LogP) is 0.330. The third-order valence-electron chi connectivity index (χ3n) is 3.43. The van der Waals surface area contributed by atoms with Crippen LogP contribution in [-0.4, -0.2) is 73.0 Å². The van der Waals surface area contributed by atoms with Gasteiger partial charge in [0.15, 0.2) is 0 Å². The minimum atomic E-state index is -0.393. The van der Waals surface area contributed by atoms with Crippen LogP contribution in [0, 0.1) is 0 Å². The number of nitrogens with zero attached hydrogens (tertiary/aromatic N) is 3. The van der Waals surface area contributed by atoms with Crippen LogP contribution < -0.4 is 5.73 Å². The highest BCUT2D eigenvalue weighted by Crippen LogP contribution is 2.08. The summed E-state index contributed by atoms with van der Waals surface area (Å²) in [6.45, 7) is 4.42. The minimum absolute atomic E-state index is 0.00220. The van der Waals surface area contributed by atoms with E-state index in [1.54, 1.807) is 28.8 Å². The van der Waals surface area contributed by atoms with Gasteiger partial charge in [0, 0.05) is 40.3 Å². The molecular formula is C13H26N4O2. The van der Waals surface area contributed by atoms with E-state index in [1.165, 1.54) is 0 Å². The summed E-state index contributed by atoms with van der Waals surface area (Å²) < 4.78 is 0. The van der Waals surface area contributed by atoms with Gasteiger partial charge in [0.1, 0.15) is 0 Å². The Labute approximate surface area is 115 Å². The van der Waals surface area contributed by atoms with E-state index in [4.69, 9.17) is 5.73 Å². The third-order valence-corrected chi connectivity index (χ3v) is 3.43. The van der Waals surface area contributed by atoms with Crippen molar-refractivity contribution in [2.45, 2.75) is 32.2 Å². The van der Waals surface area contributed by atoms with E-state index in [-0.39, 0.29) is 11.9 Å². The van der Waals surface area contributed by atoms with E-state index in [2.05, 4.69) is 6.92 Å².